The van der Waals surface area contributed by atoms with E-state index in [-0.39, 0.29) is 17.2 Å². The second-order valence-corrected chi connectivity index (χ2v) is 7.93. The topological polar surface area (TPSA) is 84.9 Å². The lowest BCUT2D eigenvalue weighted by molar-refractivity contribution is -0.115. The van der Waals surface area contributed by atoms with Crippen LogP contribution in [0.5, 0.6) is 11.5 Å². The number of ether oxygens (including phenoxy) is 2. The van der Waals surface area contributed by atoms with Crippen LogP contribution in [-0.4, -0.2) is 45.9 Å². The van der Waals surface area contributed by atoms with Crippen molar-refractivity contribution < 1.29 is 22.7 Å². The molecule has 0 spiro atoms. The van der Waals surface area contributed by atoms with Crippen LogP contribution in [0.1, 0.15) is 19.4 Å². The van der Waals surface area contributed by atoms with Gasteiger partial charge < -0.3 is 14.8 Å². The summed E-state index contributed by atoms with van der Waals surface area (Å²) in [5.74, 6) is 0.689. The van der Waals surface area contributed by atoms with Gasteiger partial charge in [0.05, 0.1) is 31.2 Å². The number of anilines is 1. The maximum absolute atomic E-state index is 12.8. The van der Waals surface area contributed by atoms with Gasteiger partial charge in [-0.05, 0) is 24.3 Å². The van der Waals surface area contributed by atoms with Crippen LogP contribution in [0.25, 0.3) is 0 Å². The largest absolute Gasteiger partial charge is 0.496 e. The number of para-hydroxylation sites is 1. The van der Waals surface area contributed by atoms with Crippen LogP contribution in [0.15, 0.2) is 47.4 Å². The lowest BCUT2D eigenvalue weighted by Crippen LogP contribution is -2.30. The van der Waals surface area contributed by atoms with Crippen molar-refractivity contribution in [3.05, 3.63) is 48.0 Å². The van der Waals surface area contributed by atoms with E-state index in [0.29, 0.717) is 30.3 Å². The highest BCUT2D eigenvalue weighted by atomic mass is 32.2. The van der Waals surface area contributed by atoms with Crippen molar-refractivity contribution in [1.82, 2.24) is 4.31 Å². The summed E-state index contributed by atoms with van der Waals surface area (Å²) >= 11 is 0. The van der Waals surface area contributed by atoms with Gasteiger partial charge in [-0.15, -0.1) is 0 Å². The molecule has 8 heteroatoms. The summed E-state index contributed by atoms with van der Waals surface area (Å²) in [4.78, 5) is 12.6. The summed E-state index contributed by atoms with van der Waals surface area (Å²) in [6.45, 7) is 4.28. The molecule has 152 valence electrons. The van der Waals surface area contributed by atoms with E-state index in [1.54, 1.807) is 33.1 Å². The van der Waals surface area contributed by atoms with E-state index in [9.17, 15) is 13.2 Å². The van der Waals surface area contributed by atoms with Gasteiger partial charge in [-0.2, -0.15) is 4.31 Å². The van der Waals surface area contributed by atoms with Gasteiger partial charge in [-0.25, -0.2) is 8.42 Å². The quantitative estimate of drug-likeness (QED) is 0.692. The van der Waals surface area contributed by atoms with Crippen LogP contribution < -0.4 is 14.8 Å². The lowest BCUT2D eigenvalue weighted by atomic mass is 10.1. The van der Waals surface area contributed by atoms with Gasteiger partial charge in [0.25, 0.3) is 0 Å². The molecule has 0 bridgehead atoms. The molecule has 0 atom stereocenters. The van der Waals surface area contributed by atoms with Gasteiger partial charge >= 0.3 is 0 Å². The molecule has 0 unspecified atom stereocenters. The van der Waals surface area contributed by atoms with Crippen LogP contribution in [0.2, 0.25) is 0 Å². The minimum atomic E-state index is -3.65. The molecule has 2 rings (SSSR count). The predicted octanol–water partition coefficient (Wildman–Crippen LogP) is 2.92. The molecule has 1 amide bonds. The van der Waals surface area contributed by atoms with Crippen LogP contribution in [0.4, 0.5) is 5.69 Å². The minimum Gasteiger partial charge on any atom is -0.496 e. The zero-order valence-corrected chi connectivity index (χ0v) is 17.4. The Kier molecular flexibility index (Phi) is 7.42. The fraction of sp³-hybridized carbons (Fsp3) is 0.350. The summed E-state index contributed by atoms with van der Waals surface area (Å²) < 4.78 is 37.4. The van der Waals surface area contributed by atoms with Crippen molar-refractivity contribution >= 4 is 21.6 Å². The minimum absolute atomic E-state index is 0.0835. The molecule has 28 heavy (non-hydrogen) atoms. The third-order valence-corrected chi connectivity index (χ3v) is 6.38. The Morgan fingerprint density at radius 1 is 1.00 bits per heavy atom. The number of rotatable bonds is 9. The summed E-state index contributed by atoms with van der Waals surface area (Å²) in [6.07, 6.45) is 0.0835. The molecule has 2 aromatic rings. The number of hydrogen-bond donors (Lipinski definition) is 1. The first-order valence-corrected chi connectivity index (χ1v) is 10.4. The molecule has 1 N–H and O–H groups in total. The highest BCUT2D eigenvalue weighted by Gasteiger charge is 2.23. The number of sulfonamides is 1. The Balaban J connectivity index is 2.30. The highest BCUT2D eigenvalue weighted by Crippen LogP contribution is 2.29. The Hall–Kier alpha value is -2.58. The molecule has 0 saturated heterocycles. The molecule has 0 aliphatic rings. The monoisotopic (exact) mass is 406 g/mol. The van der Waals surface area contributed by atoms with Crippen molar-refractivity contribution in [2.75, 3.05) is 32.6 Å². The molecule has 7 nitrogen and oxygen atoms in total. The SMILES string of the molecule is CCN(CC)S(=O)(=O)c1ccc(OC)c(NC(=O)Cc2ccccc2OC)c1. The number of methoxy groups -OCH3 is 2. The molecule has 0 radical (unpaired) electrons. The second kappa shape index (κ2) is 9.57. The van der Waals surface area contributed by atoms with Crippen molar-refractivity contribution in [1.29, 1.82) is 0 Å². The summed E-state index contributed by atoms with van der Waals surface area (Å²) in [5, 5.41) is 2.75. The van der Waals surface area contributed by atoms with Crippen molar-refractivity contribution in [3.8, 4) is 11.5 Å². The highest BCUT2D eigenvalue weighted by molar-refractivity contribution is 7.89. The molecular formula is C20H26N2O5S. The second-order valence-electron chi connectivity index (χ2n) is 5.99. The van der Waals surface area contributed by atoms with E-state index < -0.39 is 10.0 Å². The third-order valence-electron chi connectivity index (χ3n) is 4.33. The Morgan fingerprint density at radius 2 is 1.64 bits per heavy atom. The molecule has 2 aromatic carbocycles. The molecule has 0 fully saturated rings. The normalized spacial score (nSPS) is 11.3. The number of nitrogens with zero attached hydrogens (tertiary/aromatic N) is 1. The molecular weight excluding hydrogens is 380 g/mol. The fourth-order valence-electron chi connectivity index (χ4n) is 2.87. The zero-order chi connectivity index (χ0) is 20.7. The molecule has 0 heterocycles. The standard InChI is InChI=1S/C20H26N2O5S/c1-5-22(6-2)28(24,25)16-11-12-19(27-4)17(14-16)21-20(23)13-15-9-7-8-10-18(15)26-3/h7-12,14H,5-6,13H2,1-4H3,(H,21,23). The average molecular weight is 407 g/mol. The number of carbonyl (C=O) groups excluding carboxylic acids is 1. The number of carbonyl (C=O) groups is 1. The number of nitrogens with one attached hydrogen (secondary N) is 1. The average Bonchev–Trinajstić information content (AvgIpc) is 2.69. The first-order valence-electron chi connectivity index (χ1n) is 8.97. The molecule has 0 aliphatic carbocycles. The Bertz CT molecular complexity index is 924. The number of benzene rings is 2. The van der Waals surface area contributed by atoms with E-state index in [0.717, 1.165) is 5.56 Å². The van der Waals surface area contributed by atoms with Gasteiger partial charge in [0, 0.05) is 18.7 Å². The lowest BCUT2D eigenvalue weighted by Gasteiger charge is -2.19. The van der Waals surface area contributed by atoms with Gasteiger partial charge in [0.1, 0.15) is 11.5 Å². The van der Waals surface area contributed by atoms with E-state index in [4.69, 9.17) is 9.47 Å². The van der Waals surface area contributed by atoms with Gasteiger partial charge in [0.2, 0.25) is 15.9 Å². The molecule has 0 aromatic heterocycles. The maximum Gasteiger partial charge on any atom is 0.243 e. The number of amides is 1. The van der Waals surface area contributed by atoms with Crippen LogP contribution in [-0.2, 0) is 21.2 Å². The Labute approximate surface area is 166 Å². The number of hydrogen-bond acceptors (Lipinski definition) is 5. The molecule has 0 aliphatic heterocycles. The van der Waals surface area contributed by atoms with E-state index in [1.165, 1.54) is 29.6 Å². The zero-order valence-electron chi connectivity index (χ0n) is 16.6. The van der Waals surface area contributed by atoms with Gasteiger partial charge in [-0.3, -0.25) is 4.79 Å². The predicted molar refractivity (Wildman–Crippen MR) is 108 cm³/mol. The molecule has 0 saturated carbocycles. The van der Waals surface area contributed by atoms with E-state index in [2.05, 4.69) is 5.32 Å². The fourth-order valence-corrected chi connectivity index (χ4v) is 4.36. The summed E-state index contributed by atoms with van der Waals surface area (Å²) in [5.41, 5.74) is 1.03. The van der Waals surface area contributed by atoms with Crippen molar-refractivity contribution in [3.63, 3.8) is 0 Å². The summed E-state index contributed by atoms with van der Waals surface area (Å²) in [7, 11) is -0.643. The van der Waals surface area contributed by atoms with E-state index in [1.807, 2.05) is 12.1 Å². The van der Waals surface area contributed by atoms with Crippen LogP contribution >= 0.6 is 0 Å². The van der Waals surface area contributed by atoms with Gasteiger partial charge in [-0.1, -0.05) is 32.0 Å². The van der Waals surface area contributed by atoms with E-state index >= 15 is 0 Å². The van der Waals surface area contributed by atoms with Crippen molar-refractivity contribution in [2.45, 2.75) is 25.2 Å². The maximum atomic E-state index is 12.8. The van der Waals surface area contributed by atoms with Crippen LogP contribution in [0, 0.1) is 0 Å². The third kappa shape index (κ3) is 4.82. The van der Waals surface area contributed by atoms with Crippen molar-refractivity contribution in [2.24, 2.45) is 0 Å². The van der Waals surface area contributed by atoms with Gasteiger partial charge in [0.15, 0.2) is 0 Å². The smallest absolute Gasteiger partial charge is 0.243 e. The first-order chi connectivity index (χ1) is 13.4. The Morgan fingerprint density at radius 3 is 2.25 bits per heavy atom. The first kappa shape index (κ1) is 21.7. The summed E-state index contributed by atoms with van der Waals surface area (Å²) in [6, 6.07) is 11.7. The van der Waals surface area contributed by atoms with Crippen LogP contribution in [0.3, 0.4) is 0 Å².